The molecule has 0 saturated heterocycles. The van der Waals surface area contributed by atoms with E-state index in [4.69, 9.17) is 4.74 Å². The summed E-state index contributed by atoms with van der Waals surface area (Å²) in [6.45, 7) is 4.01. The smallest absolute Gasteiger partial charge is 0.329 e. The molecule has 0 radical (unpaired) electrons. The second-order valence-electron chi connectivity index (χ2n) is 5.55. The standard InChI is InChI=1S/C17H21BrN2O4/c1-3-5-6-7-14(17(23)24-4-2)20-13-9-8-11(18)10-12(13)19-15(21)16(20)22/h8-10,14H,3-7H2,1-2H3,(H,19,21). The molecule has 0 amide bonds. The molecule has 1 unspecified atom stereocenters. The number of hydrogen-bond acceptors (Lipinski definition) is 4. The lowest BCUT2D eigenvalue weighted by atomic mass is 10.1. The molecule has 0 aliphatic rings. The lowest BCUT2D eigenvalue weighted by Crippen LogP contribution is -2.41. The van der Waals surface area contributed by atoms with E-state index in [-0.39, 0.29) is 6.61 Å². The Labute approximate surface area is 148 Å². The molecule has 0 aliphatic carbocycles. The summed E-state index contributed by atoms with van der Waals surface area (Å²) in [4.78, 5) is 39.4. The highest BCUT2D eigenvalue weighted by Gasteiger charge is 2.25. The zero-order valence-electron chi connectivity index (χ0n) is 13.8. The van der Waals surface area contributed by atoms with Gasteiger partial charge in [-0.3, -0.25) is 14.2 Å². The summed E-state index contributed by atoms with van der Waals surface area (Å²) in [5.74, 6) is -0.481. The molecule has 24 heavy (non-hydrogen) atoms. The Balaban J connectivity index is 2.63. The lowest BCUT2D eigenvalue weighted by Gasteiger charge is -2.20. The van der Waals surface area contributed by atoms with Crippen LogP contribution in [0.3, 0.4) is 0 Å². The number of nitrogens with one attached hydrogen (secondary N) is 1. The van der Waals surface area contributed by atoms with Crippen LogP contribution in [0.4, 0.5) is 0 Å². The van der Waals surface area contributed by atoms with Crippen LogP contribution in [0.5, 0.6) is 0 Å². The molecule has 2 aromatic rings. The van der Waals surface area contributed by atoms with Crippen LogP contribution in [0.2, 0.25) is 0 Å². The highest BCUT2D eigenvalue weighted by Crippen LogP contribution is 2.22. The van der Waals surface area contributed by atoms with Gasteiger partial charge in [0.1, 0.15) is 6.04 Å². The van der Waals surface area contributed by atoms with Gasteiger partial charge in [-0.15, -0.1) is 0 Å². The van der Waals surface area contributed by atoms with E-state index in [1.54, 1.807) is 25.1 Å². The number of rotatable bonds is 7. The first kappa shape index (κ1) is 18.4. The van der Waals surface area contributed by atoms with Gasteiger partial charge in [0.2, 0.25) is 0 Å². The molecule has 1 aromatic heterocycles. The molecule has 2 rings (SSSR count). The summed E-state index contributed by atoms with van der Waals surface area (Å²) in [6.07, 6.45) is 3.17. The predicted molar refractivity (Wildman–Crippen MR) is 96.3 cm³/mol. The number of halogens is 1. The van der Waals surface area contributed by atoms with Gasteiger partial charge >= 0.3 is 17.1 Å². The molecule has 0 aliphatic heterocycles. The van der Waals surface area contributed by atoms with Gasteiger partial charge < -0.3 is 9.72 Å². The molecule has 0 saturated carbocycles. The molecule has 1 heterocycles. The van der Waals surface area contributed by atoms with Crippen LogP contribution in [-0.2, 0) is 9.53 Å². The monoisotopic (exact) mass is 396 g/mol. The van der Waals surface area contributed by atoms with Gasteiger partial charge in [0.25, 0.3) is 0 Å². The summed E-state index contributed by atoms with van der Waals surface area (Å²) >= 11 is 3.34. The largest absolute Gasteiger partial charge is 0.464 e. The Bertz CT molecular complexity index is 841. The first-order valence-electron chi connectivity index (χ1n) is 8.10. The van der Waals surface area contributed by atoms with Crippen molar-refractivity contribution in [2.24, 2.45) is 0 Å². The number of aromatic amines is 1. The van der Waals surface area contributed by atoms with E-state index < -0.39 is 23.1 Å². The molecule has 1 N–H and O–H groups in total. The van der Waals surface area contributed by atoms with Crippen molar-refractivity contribution in [3.05, 3.63) is 43.4 Å². The Morgan fingerprint density at radius 2 is 2.04 bits per heavy atom. The lowest BCUT2D eigenvalue weighted by molar-refractivity contribution is -0.147. The van der Waals surface area contributed by atoms with E-state index in [1.165, 1.54) is 4.57 Å². The second-order valence-corrected chi connectivity index (χ2v) is 6.47. The zero-order valence-corrected chi connectivity index (χ0v) is 15.4. The van der Waals surface area contributed by atoms with Gasteiger partial charge in [-0.05, 0) is 31.5 Å². The van der Waals surface area contributed by atoms with Crippen LogP contribution in [0.1, 0.15) is 45.6 Å². The molecular weight excluding hydrogens is 376 g/mol. The Hall–Kier alpha value is -1.89. The van der Waals surface area contributed by atoms with E-state index in [2.05, 4.69) is 27.8 Å². The minimum absolute atomic E-state index is 0.227. The van der Waals surface area contributed by atoms with Gasteiger partial charge in [0.05, 0.1) is 17.6 Å². The number of nitrogens with zero attached hydrogens (tertiary/aromatic N) is 1. The fourth-order valence-electron chi connectivity index (χ4n) is 2.70. The minimum Gasteiger partial charge on any atom is -0.464 e. The summed E-state index contributed by atoms with van der Waals surface area (Å²) in [5.41, 5.74) is -0.471. The summed E-state index contributed by atoms with van der Waals surface area (Å²) in [6, 6.07) is 4.39. The number of fused-ring (bicyclic) bond motifs is 1. The second kappa shape index (κ2) is 8.28. The third-order valence-corrected chi connectivity index (χ3v) is 4.32. The van der Waals surface area contributed by atoms with Crippen molar-refractivity contribution in [2.45, 2.75) is 45.6 Å². The van der Waals surface area contributed by atoms with E-state index in [9.17, 15) is 14.4 Å². The molecule has 0 spiro atoms. The van der Waals surface area contributed by atoms with E-state index >= 15 is 0 Å². The highest BCUT2D eigenvalue weighted by molar-refractivity contribution is 9.10. The summed E-state index contributed by atoms with van der Waals surface area (Å²) in [5, 5.41) is 0. The van der Waals surface area contributed by atoms with Crippen LogP contribution in [0.25, 0.3) is 11.0 Å². The number of aromatic nitrogens is 2. The molecule has 130 valence electrons. The number of ether oxygens (including phenoxy) is 1. The summed E-state index contributed by atoms with van der Waals surface area (Å²) in [7, 11) is 0. The third-order valence-electron chi connectivity index (χ3n) is 3.83. The van der Waals surface area contributed by atoms with Crippen molar-refractivity contribution < 1.29 is 9.53 Å². The number of unbranched alkanes of at least 4 members (excludes halogenated alkanes) is 2. The molecule has 0 fully saturated rings. The first-order valence-corrected chi connectivity index (χ1v) is 8.89. The van der Waals surface area contributed by atoms with Crippen molar-refractivity contribution in [3.8, 4) is 0 Å². The van der Waals surface area contributed by atoms with Crippen LogP contribution >= 0.6 is 15.9 Å². The number of carbonyl (C=O) groups excluding carboxylic acids is 1. The van der Waals surface area contributed by atoms with Crippen molar-refractivity contribution in [3.63, 3.8) is 0 Å². The quantitative estimate of drug-likeness (QED) is 0.442. The number of carbonyl (C=O) groups is 1. The fraction of sp³-hybridized carbons (Fsp3) is 0.471. The van der Waals surface area contributed by atoms with Gasteiger partial charge in [-0.1, -0.05) is 42.1 Å². The average molecular weight is 397 g/mol. The Morgan fingerprint density at radius 3 is 2.71 bits per heavy atom. The summed E-state index contributed by atoms with van der Waals surface area (Å²) < 4.78 is 7.18. The number of hydrogen-bond donors (Lipinski definition) is 1. The molecule has 1 atom stereocenters. The molecule has 6 nitrogen and oxygen atoms in total. The minimum atomic E-state index is -0.796. The maximum atomic E-state index is 12.5. The van der Waals surface area contributed by atoms with E-state index in [1.807, 2.05) is 0 Å². The predicted octanol–water partition coefficient (Wildman–Crippen LogP) is 3.14. The van der Waals surface area contributed by atoms with Gasteiger partial charge in [-0.25, -0.2) is 4.79 Å². The topological polar surface area (TPSA) is 81.2 Å². The van der Waals surface area contributed by atoms with Crippen LogP contribution in [0, 0.1) is 0 Å². The van der Waals surface area contributed by atoms with Gasteiger partial charge in [0, 0.05) is 4.47 Å². The fourth-order valence-corrected chi connectivity index (χ4v) is 3.06. The molecular formula is C17H21BrN2O4. The van der Waals surface area contributed by atoms with Gasteiger partial charge in [-0.2, -0.15) is 0 Å². The van der Waals surface area contributed by atoms with Crippen molar-refractivity contribution in [2.75, 3.05) is 6.61 Å². The highest BCUT2D eigenvalue weighted by atomic mass is 79.9. The van der Waals surface area contributed by atoms with Crippen LogP contribution < -0.4 is 11.1 Å². The van der Waals surface area contributed by atoms with Gasteiger partial charge in [0.15, 0.2) is 0 Å². The normalized spacial score (nSPS) is 12.3. The number of benzene rings is 1. The maximum absolute atomic E-state index is 12.5. The van der Waals surface area contributed by atoms with E-state index in [0.717, 1.165) is 23.7 Å². The Kier molecular flexibility index (Phi) is 6.36. The maximum Gasteiger partial charge on any atom is 0.329 e. The van der Waals surface area contributed by atoms with Crippen LogP contribution in [-0.4, -0.2) is 22.1 Å². The van der Waals surface area contributed by atoms with Crippen molar-refractivity contribution in [1.29, 1.82) is 0 Å². The zero-order chi connectivity index (χ0) is 17.7. The Morgan fingerprint density at radius 1 is 1.29 bits per heavy atom. The third kappa shape index (κ3) is 3.95. The van der Waals surface area contributed by atoms with Crippen LogP contribution in [0.15, 0.2) is 32.3 Å². The van der Waals surface area contributed by atoms with Crippen molar-refractivity contribution in [1.82, 2.24) is 9.55 Å². The molecule has 0 bridgehead atoms. The molecule has 7 heteroatoms. The number of H-pyrrole nitrogens is 1. The molecule has 1 aromatic carbocycles. The number of esters is 1. The SMILES string of the molecule is CCCCCC(C(=O)OCC)n1c(=O)c(=O)[nH]c2cc(Br)ccc21. The average Bonchev–Trinajstić information content (AvgIpc) is 2.54. The van der Waals surface area contributed by atoms with Crippen molar-refractivity contribution >= 4 is 32.9 Å². The first-order chi connectivity index (χ1) is 11.5. The van der Waals surface area contributed by atoms with E-state index in [0.29, 0.717) is 17.5 Å².